The molecule has 0 fully saturated rings. The Morgan fingerprint density at radius 1 is 1.50 bits per heavy atom. The van der Waals surface area contributed by atoms with Crippen LogP contribution in [-0.4, -0.2) is 15.7 Å². The number of amides is 1. The van der Waals surface area contributed by atoms with E-state index in [1.54, 1.807) is 17.0 Å². The summed E-state index contributed by atoms with van der Waals surface area (Å²) in [6, 6.07) is 7.45. The Labute approximate surface area is 113 Å². The van der Waals surface area contributed by atoms with Gasteiger partial charge in [-0.05, 0) is 24.3 Å². The molecule has 0 radical (unpaired) electrons. The van der Waals surface area contributed by atoms with E-state index in [0.29, 0.717) is 0 Å². The van der Waals surface area contributed by atoms with Crippen LogP contribution in [0.1, 0.15) is 5.56 Å². The average Bonchev–Trinajstić information content (AvgIpc) is 2.73. The molecule has 0 aliphatic rings. The van der Waals surface area contributed by atoms with Crippen LogP contribution in [0.15, 0.2) is 47.2 Å². The van der Waals surface area contributed by atoms with Crippen LogP contribution in [0.25, 0.3) is 6.08 Å². The van der Waals surface area contributed by atoms with E-state index in [4.69, 9.17) is 0 Å². The summed E-state index contributed by atoms with van der Waals surface area (Å²) in [5.74, 6) is -0.169. The first-order chi connectivity index (χ1) is 8.63. The second kappa shape index (κ2) is 5.64. The van der Waals surface area contributed by atoms with Gasteiger partial charge in [0.2, 0.25) is 5.91 Å². The van der Waals surface area contributed by atoms with Crippen molar-refractivity contribution >= 4 is 33.6 Å². The maximum Gasteiger partial charge on any atom is 0.248 e. The summed E-state index contributed by atoms with van der Waals surface area (Å²) in [5.41, 5.74) is 1.65. The zero-order valence-electron chi connectivity index (χ0n) is 9.80. The second-order valence-corrected chi connectivity index (χ2v) is 4.70. The minimum atomic E-state index is -0.169. The van der Waals surface area contributed by atoms with Gasteiger partial charge in [-0.15, -0.1) is 0 Å². The van der Waals surface area contributed by atoms with E-state index in [-0.39, 0.29) is 5.91 Å². The van der Waals surface area contributed by atoms with Crippen LogP contribution >= 0.6 is 15.9 Å². The standard InChI is InChI=1S/C13H12BrN3O/c1-17-9-10(8-15-17)5-6-13(18)16-12-4-2-3-11(14)7-12/h2-9H,1H3,(H,16,18)/b6-5-. The van der Waals surface area contributed by atoms with Gasteiger partial charge in [0.1, 0.15) is 0 Å². The van der Waals surface area contributed by atoms with Crippen molar-refractivity contribution in [1.29, 1.82) is 0 Å². The number of carbonyl (C=O) groups excluding carboxylic acids is 1. The number of aromatic nitrogens is 2. The summed E-state index contributed by atoms with van der Waals surface area (Å²) in [7, 11) is 1.83. The third-order valence-electron chi connectivity index (χ3n) is 2.24. The fourth-order valence-electron chi connectivity index (χ4n) is 1.45. The van der Waals surface area contributed by atoms with Crippen molar-refractivity contribution in [1.82, 2.24) is 9.78 Å². The molecule has 0 bridgehead atoms. The number of rotatable bonds is 3. The number of hydrogen-bond donors (Lipinski definition) is 1. The van der Waals surface area contributed by atoms with Gasteiger partial charge in [-0.1, -0.05) is 22.0 Å². The number of halogens is 1. The van der Waals surface area contributed by atoms with E-state index < -0.39 is 0 Å². The van der Waals surface area contributed by atoms with E-state index in [9.17, 15) is 4.79 Å². The Bertz CT molecular complexity index is 589. The highest BCUT2D eigenvalue weighted by Gasteiger charge is 1.98. The number of carbonyl (C=O) groups is 1. The monoisotopic (exact) mass is 305 g/mol. The second-order valence-electron chi connectivity index (χ2n) is 3.78. The van der Waals surface area contributed by atoms with Gasteiger partial charge in [0.05, 0.1) is 6.20 Å². The summed E-state index contributed by atoms with van der Waals surface area (Å²) >= 11 is 3.35. The molecule has 5 heteroatoms. The van der Waals surface area contributed by atoms with Crippen molar-refractivity contribution in [2.24, 2.45) is 7.05 Å². The van der Waals surface area contributed by atoms with Crippen molar-refractivity contribution in [3.8, 4) is 0 Å². The molecule has 18 heavy (non-hydrogen) atoms. The van der Waals surface area contributed by atoms with E-state index in [1.165, 1.54) is 6.08 Å². The van der Waals surface area contributed by atoms with Gasteiger partial charge < -0.3 is 5.32 Å². The first kappa shape index (κ1) is 12.6. The van der Waals surface area contributed by atoms with Crippen LogP contribution in [0.3, 0.4) is 0 Å². The van der Waals surface area contributed by atoms with Crippen LogP contribution < -0.4 is 5.32 Å². The molecule has 2 rings (SSSR count). The molecule has 1 N–H and O–H groups in total. The van der Waals surface area contributed by atoms with Crippen LogP contribution in [0.4, 0.5) is 5.69 Å². The van der Waals surface area contributed by atoms with Gasteiger partial charge in [0.25, 0.3) is 0 Å². The smallest absolute Gasteiger partial charge is 0.248 e. The summed E-state index contributed by atoms with van der Waals surface area (Å²) in [6.45, 7) is 0. The Morgan fingerprint density at radius 3 is 3.00 bits per heavy atom. The predicted molar refractivity (Wildman–Crippen MR) is 75.0 cm³/mol. The molecular formula is C13H12BrN3O. The predicted octanol–water partition coefficient (Wildman–Crippen LogP) is 2.83. The lowest BCUT2D eigenvalue weighted by Gasteiger charge is -2.01. The normalized spacial score (nSPS) is 10.8. The van der Waals surface area contributed by atoms with Crippen molar-refractivity contribution in [3.05, 3.63) is 52.8 Å². The molecule has 1 aromatic heterocycles. The minimum Gasteiger partial charge on any atom is -0.322 e. The Hall–Kier alpha value is -1.88. The maximum absolute atomic E-state index is 11.7. The van der Waals surface area contributed by atoms with Crippen LogP contribution in [-0.2, 0) is 11.8 Å². The quantitative estimate of drug-likeness (QED) is 0.886. The summed E-state index contributed by atoms with van der Waals surface area (Å²) in [6.07, 6.45) is 6.74. The Balaban J connectivity index is 1.98. The molecule has 1 aromatic carbocycles. The lowest BCUT2D eigenvalue weighted by Crippen LogP contribution is -2.07. The third kappa shape index (κ3) is 3.56. The fraction of sp³-hybridized carbons (Fsp3) is 0.0769. The van der Waals surface area contributed by atoms with Crippen LogP contribution in [0.2, 0.25) is 0 Å². The topological polar surface area (TPSA) is 46.9 Å². The van der Waals surface area contributed by atoms with E-state index in [1.807, 2.05) is 37.5 Å². The molecular weight excluding hydrogens is 294 g/mol. The van der Waals surface area contributed by atoms with E-state index in [0.717, 1.165) is 15.7 Å². The molecule has 0 atom stereocenters. The number of benzene rings is 1. The number of nitrogens with zero attached hydrogens (tertiary/aromatic N) is 2. The number of hydrogen-bond acceptors (Lipinski definition) is 2. The number of aryl methyl sites for hydroxylation is 1. The zero-order chi connectivity index (χ0) is 13.0. The molecule has 0 saturated carbocycles. The van der Waals surface area contributed by atoms with Crippen molar-refractivity contribution in [2.45, 2.75) is 0 Å². The molecule has 0 aliphatic heterocycles. The van der Waals surface area contributed by atoms with Gasteiger partial charge >= 0.3 is 0 Å². The summed E-state index contributed by atoms with van der Waals surface area (Å²) in [5, 5.41) is 6.79. The van der Waals surface area contributed by atoms with Crippen LogP contribution in [0, 0.1) is 0 Å². The van der Waals surface area contributed by atoms with Gasteiger partial charge in [-0.25, -0.2) is 0 Å². The summed E-state index contributed by atoms with van der Waals surface area (Å²) < 4.78 is 2.61. The van der Waals surface area contributed by atoms with Crippen LogP contribution in [0.5, 0.6) is 0 Å². The highest BCUT2D eigenvalue weighted by Crippen LogP contribution is 2.15. The van der Waals surface area contributed by atoms with E-state index in [2.05, 4.69) is 26.3 Å². The van der Waals surface area contributed by atoms with Gasteiger partial charge in [-0.3, -0.25) is 9.48 Å². The van der Waals surface area contributed by atoms with Gasteiger partial charge in [0.15, 0.2) is 0 Å². The lowest BCUT2D eigenvalue weighted by molar-refractivity contribution is -0.111. The molecule has 0 spiro atoms. The molecule has 2 aromatic rings. The van der Waals surface area contributed by atoms with Crippen molar-refractivity contribution in [3.63, 3.8) is 0 Å². The largest absolute Gasteiger partial charge is 0.322 e. The fourth-order valence-corrected chi connectivity index (χ4v) is 1.85. The molecule has 1 amide bonds. The van der Waals surface area contributed by atoms with Crippen molar-refractivity contribution in [2.75, 3.05) is 5.32 Å². The Kier molecular flexibility index (Phi) is 3.94. The summed E-state index contributed by atoms with van der Waals surface area (Å²) in [4.78, 5) is 11.7. The Morgan fingerprint density at radius 2 is 2.33 bits per heavy atom. The molecule has 1 heterocycles. The van der Waals surface area contributed by atoms with Crippen molar-refractivity contribution < 1.29 is 4.79 Å². The maximum atomic E-state index is 11.7. The average molecular weight is 306 g/mol. The first-order valence-corrected chi connectivity index (χ1v) is 6.16. The van der Waals surface area contributed by atoms with Gasteiger partial charge in [0, 0.05) is 35.0 Å². The molecule has 0 unspecified atom stereocenters. The highest BCUT2D eigenvalue weighted by atomic mass is 79.9. The van der Waals surface area contributed by atoms with Gasteiger partial charge in [-0.2, -0.15) is 5.10 Å². The highest BCUT2D eigenvalue weighted by molar-refractivity contribution is 9.10. The SMILES string of the molecule is Cn1cc(/C=C\C(=O)Nc2cccc(Br)c2)cn1. The molecule has 4 nitrogen and oxygen atoms in total. The lowest BCUT2D eigenvalue weighted by atomic mass is 10.3. The number of anilines is 1. The number of nitrogens with one attached hydrogen (secondary N) is 1. The minimum absolute atomic E-state index is 0.169. The first-order valence-electron chi connectivity index (χ1n) is 5.37. The zero-order valence-corrected chi connectivity index (χ0v) is 11.4. The molecule has 92 valence electrons. The third-order valence-corrected chi connectivity index (χ3v) is 2.74. The van der Waals surface area contributed by atoms with E-state index >= 15 is 0 Å². The molecule has 0 saturated heterocycles. The molecule has 0 aliphatic carbocycles.